The summed E-state index contributed by atoms with van der Waals surface area (Å²) in [6, 6.07) is 7.41. The van der Waals surface area contributed by atoms with Crippen molar-refractivity contribution in [3.05, 3.63) is 41.6 Å². The average molecular weight is 426 g/mol. The zero-order valence-corrected chi connectivity index (χ0v) is 18.4. The van der Waals surface area contributed by atoms with Crippen LogP contribution >= 0.6 is 0 Å². The summed E-state index contributed by atoms with van der Waals surface area (Å²) in [5.74, 6) is 0.296. The molecule has 7 nitrogen and oxygen atoms in total. The van der Waals surface area contributed by atoms with Crippen molar-refractivity contribution in [2.45, 2.75) is 69.9 Å². The molecule has 166 valence electrons. The minimum atomic E-state index is -1.01. The van der Waals surface area contributed by atoms with Crippen molar-refractivity contribution in [1.29, 1.82) is 0 Å². The monoisotopic (exact) mass is 425 g/mol. The Morgan fingerprint density at radius 3 is 2.58 bits per heavy atom. The zero-order chi connectivity index (χ0) is 22.0. The number of amides is 4. The molecule has 1 atom stereocenters. The predicted molar refractivity (Wildman–Crippen MR) is 116 cm³/mol. The van der Waals surface area contributed by atoms with Gasteiger partial charge >= 0.3 is 6.03 Å². The second kappa shape index (κ2) is 8.73. The molecule has 4 rings (SSSR count). The number of imide groups is 1. The lowest BCUT2D eigenvalue weighted by atomic mass is 9.93. The summed E-state index contributed by atoms with van der Waals surface area (Å²) < 4.78 is 5.18. The normalized spacial score (nSPS) is 23.4. The molecule has 1 saturated carbocycles. The summed E-state index contributed by atoms with van der Waals surface area (Å²) in [5.41, 5.74) is 1.11. The summed E-state index contributed by atoms with van der Waals surface area (Å²) in [7, 11) is 1.62. The fourth-order valence-electron chi connectivity index (χ4n) is 4.43. The molecule has 1 aromatic rings. The SMILES string of the molecule is COc1ccc(CCC2(C)NC(=O)N(CC(=O)N(C3=CCCCC3)C3CC3)C2=O)cc1. The largest absolute Gasteiger partial charge is 0.497 e. The Labute approximate surface area is 183 Å². The number of carbonyl (C=O) groups is 3. The molecule has 0 bridgehead atoms. The predicted octanol–water partition coefficient (Wildman–Crippen LogP) is 3.39. The first-order chi connectivity index (χ1) is 14.9. The van der Waals surface area contributed by atoms with Crippen LogP contribution in [0.25, 0.3) is 0 Å². The number of hydrogen-bond donors (Lipinski definition) is 1. The number of nitrogens with one attached hydrogen (secondary N) is 1. The molecule has 2 aliphatic carbocycles. The van der Waals surface area contributed by atoms with E-state index in [1.54, 1.807) is 14.0 Å². The third kappa shape index (κ3) is 4.60. The van der Waals surface area contributed by atoms with Gasteiger partial charge in [0.1, 0.15) is 17.8 Å². The Morgan fingerprint density at radius 2 is 1.97 bits per heavy atom. The summed E-state index contributed by atoms with van der Waals surface area (Å²) in [6.07, 6.45) is 9.32. The lowest BCUT2D eigenvalue weighted by molar-refractivity contribution is -0.138. The van der Waals surface area contributed by atoms with Gasteiger partial charge in [-0.25, -0.2) is 4.79 Å². The third-order valence-corrected chi connectivity index (χ3v) is 6.47. The zero-order valence-electron chi connectivity index (χ0n) is 18.4. The van der Waals surface area contributed by atoms with Crippen LogP contribution in [0.4, 0.5) is 4.79 Å². The molecule has 1 aliphatic heterocycles. The highest BCUT2D eigenvalue weighted by atomic mass is 16.5. The molecule has 3 aliphatic rings. The van der Waals surface area contributed by atoms with Crippen LogP contribution < -0.4 is 10.1 Å². The van der Waals surface area contributed by atoms with E-state index in [-0.39, 0.29) is 24.4 Å². The maximum atomic E-state index is 13.1. The number of nitrogens with zero attached hydrogens (tertiary/aromatic N) is 2. The van der Waals surface area contributed by atoms with E-state index in [1.165, 1.54) is 0 Å². The number of carbonyl (C=O) groups excluding carboxylic acids is 3. The lowest BCUT2D eigenvalue weighted by Crippen LogP contribution is -2.46. The van der Waals surface area contributed by atoms with Gasteiger partial charge in [0.2, 0.25) is 5.91 Å². The smallest absolute Gasteiger partial charge is 0.325 e. The maximum Gasteiger partial charge on any atom is 0.325 e. The van der Waals surface area contributed by atoms with Crippen LogP contribution in [0, 0.1) is 0 Å². The van der Waals surface area contributed by atoms with E-state index in [1.807, 2.05) is 29.2 Å². The van der Waals surface area contributed by atoms with Crippen molar-refractivity contribution in [2.24, 2.45) is 0 Å². The van der Waals surface area contributed by atoms with Crippen molar-refractivity contribution < 1.29 is 19.1 Å². The molecule has 1 heterocycles. The molecule has 0 spiro atoms. The second-order valence-electron chi connectivity index (χ2n) is 8.94. The molecule has 0 aromatic heterocycles. The summed E-state index contributed by atoms with van der Waals surface area (Å²) >= 11 is 0. The van der Waals surface area contributed by atoms with Crippen LogP contribution in [0.3, 0.4) is 0 Å². The van der Waals surface area contributed by atoms with Gasteiger partial charge in [0, 0.05) is 11.7 Å². The highest BCUT2D eigenvalue weighted by molar-refractivity contribution is 6.08. The van der Waals surface area contributed by atoms with Crippen LogP contribution in [-0.4, -0.2) is 52.9 Å². The van der Waals surface area contributed by atoms with Crippen molar-refractivity contribution >= 4 is 17.8 Å². The Bertz CT molecular complexity index is 891. The maximum absolute atomic E-state index is 13.1. The van der Waals surface area contributed by atoms with Gasteiger partial charge in [-0.1, -0.05) is 18.2 Å². The summed E-state index contributed by atoms with van der Waals surface area (Å²) in [4.78, 5) is 41.8. The first-order valence-corrected chi connectivity index (χ1v) is 11.2. The number of allylic oxidation sites excluding steroid dienone is 2. The van der Waals surface area contributed by atoms with E-state index < -0.39 is 11.6 Å². The number of ether oxygens (including phenoxy) is 1. The fraction of sp³-hybridized carbons (Fsp3) is 0.542. The van der Waals surface area contributed by atoms with Crippen LogP contribution in [-0.2, 0) is 16.0 Å². The number of benzene rings is 1. The van der Waals surface area contributed by atoms with E-state index in [0.29, 0.717) is 12.8 Å². The second-order valence-corrected chi connectivity index (χ2v) is 8.94. The van der Waals surface area contributed by atoms with Crippen molar-refractivity contribution in [2.75, 3.05) is 13.7 Å². The van der Waals surface area contributed by atoms with E-state index >= 15 is 0 Å². The molecular weight excluding hydrogens is 394 g/mol. The first-order valence-electron chi connectivity index (χ1n) is 11.2. The van der Waals surface area contributed by atoms with Gasteiger partial charge in [0.05, 0.1) is 7.11 Å². The minimum absolute atomic E-state index is 0.154. The Morgan fingerprint density at radius 1 is 1.23 bits per heavy atom. The Hall–Kier alpha value is -2.83. The molecule has 4 amide bonds. The molecule has 2 fully saturated rings. The lowest BCUT2D eigenvalue weighted by Gasteiger charge is -2.29. The number of rotatable bonds is 8. The standard InChI is InChI=1S/C24H31N3O4/c1-24(15-14-17-8-12-20(31-2)13-9-17)22(29)26(23(30)25-24)16-21(28)27(19-10-11-19)18-6-4-3-5-7-18/h6,8-9,12-13,19H,3-5,7,10-11,14-16H2,1-2H3,(H,25,30). The fourth-order valence-corrected chi connectivity index (χ4v) is 4.43. The van der Waals surface area contributed by atoms with E-state index in [9.17, 15) is 14.4 Å². The van der Waals surface area contributed by atoms with Crippen LogP contribution in [0.1, 0.15) is 57.4 Å². The number of aryl methyl sites for hydroxylation is 1. The molecule has 7 heteroatoms. The highest BCUT2D eigenvalue weighted by Gasteiger charge is 2.49. The van der Waals surface area contributed by atoms with Crippen LogP contribution in [0.5, 0.6) is 5.75 Å². The molecule has 1 saturated heterocycles. The van der Waals surface area contributed by atoms with Crippen LogP contribution in [0.2, 0.25) is 0 Å². The van der Waals surface area contributed by atoms with Gasteiger partial charge in [-0.05, 0) is 76.0 Å². The average Bonchev–Trinajstić information content (AvgIpc) is 3.58. The van der Waals surface area contributed by atoms with Gasteiger partial charge in [0.25, 0.3) is 5.91 Å². The molecular formula is C24H31N3O4. The topological polar surface area (TPSA) is 79.0 Å². The van der Waals surface area contributed by atoms with Gasteiger partial charge in [-0.15, -0.1) is 0 Å². The number of hydrogen-bond acceptors (Lipinski definition) is 4. The molecule has 31 heavy (non-hydrogen) atoms. The first kappa shape index (κ1) is 21.4. The van der Waals surface area contributed by atoms with Gasteiger partial charge in [0.15, 0.2) is 0 Å². The van der Waals surface area contributed by atoms with E-state index in [4.69, 9.17) is 4.74 Å². The summed E-state index contributed by atoms with van der Waals surface area (Å²) in [5, 5.41) is 2.82. The van der Waals surface area contributed by atoms with E-state index in [2.05, 4.69) is 11.4 Å². The van der Waals surface area contributed by atoms with Crippen molar-refractivity contribution in [3.8, 4) is 5.75 Å². The Balaban J connectivity index is 1.40. The van der Waals surface area contributed by atoms with Gasteiger partial charge < -0.3 is 15.0 Å². The summed E-state index contributed by atoms with van der Waals surface area (Å²) in [6.45, 7) is 1.54. The number of methoxy groups -OCH3 is 1. The minimum Gasteiger partial charge on any atom is -0.497 e. The van der Waals surface area contributed by atoms with Crippen LogP contribution in [0.15, 0.2) is 36.0 Å². The van der Waals surface area contributed by atoms with Gasteiger partial charge in [-0.3, -0.25) is 14.5 Å². The highest BCUT2D eigenvalue weighted by Crippen LogP contribution is 2.34. The van der Waals surface area contributed by atoms with Crippen molar-refractivity contribution in [1.82, 2.24) is 15.1 Å². The van der Waals surface area contributed by atoms with E-state index in [0.717, 1.165) is 60.4 Å². The Kier molecular flexibility index (Phi) is 6.03. The molecule has 1 N–H and O–H groups in total. The molecule has 0 radical (unpaired) electrons. The van der Waals surface area contributed by atoms with Crippen molar-refractivity contribution in [3.63, 3.8) is 0 Å². The number of urea groups is 1. The molecule has 1 unspecified atom stereocenters. The van der Waals surface area contributed by atoms with Gasteiger partial charge in [-0.2, -0.15) is 0 Å². The quantitative estimate of drug-likeness (QED) is 0.648. The molecule has 1 aromatic carbocycles. The third-order valence-electron chi connectivity index (χ3n) is 6.47.